The molecule has 1 unspecified atom stereocenters. The lowest BCUT2D eigenvalue weighted by molar-refractivity contribution is 0.0993. The number of aliphatic hydroxyl groups excluding tert-OH is 2. The van der Waals surface area contributed by atoms with E-state index in [9.17, 15) is 15.0 Å². The summed E-state index contributed by atoms with van der Waals surface area (Å²) in [5, 5.41) is 23.0. The van der Waals surface area contributed by atoms with Crippen molar-refractivity contribution in [2.75, 3.05) is 19.8 Å². The number of pyridine rings is 1. The maximum atomic E-state index is 11.2. The van der Waals surface area contributed by atoms with Crippen molar-refractivity contribution in [3.63, 3.8) is 0 Å². The summed E-state index contributed by atoms with van der Waals surface area (Å²) in [4.78, 5) is 15.3. The summed E-state index contributed by atoms with van der Waals surface area (Å²) in [6.07, 6.45) is -0.137. The van der Waals surface area contributed by atoms with E-state index in [1.165, 1.54) is 6.07 Å². The Morgan fingerprint density at radius 3 is 2.39 bits per heavy atom. The monoisotopic (exact) mass is 473 g/mol. The Bertz CT molecular complexity index is 989. The number of halogens is 1. The number of hydrogen-bond acceptors (Lipinski definition) is 7. The second-order valence-corrected chi connectivity index (χ2v) is 7.24. The number of benzene rings is 2. The van der Waals surface area contributed by atoms with Gasteiger partial charge < -0.3 is 30.7 Å². The van der Waals surface area contributed by atoms with Gasteiger partial charge >= 0.3 is 0 Å². The number of para-hydroxylation sites is 1. The van der Waals surface area contributed by atoms with Gasteiger partial charge in [-0.25, -0.2) is 4.98 Å². The number of amides is 1. The van der Waals surface area contributed by atoms with Crippen molar-refractivity contribution in [2.45, 2.75) is 18.6 Å². The highest BCUT2D eigenvalue weighted by molar-refractivity contribution is 5.90. The van der Waals surface area contributed by atoms with Gasteiger partial charge in [0, 0.05) is 18.7 Å². The van der Waals surface area contributed by atoms with Gasteiger partial charge in [-0.2, -0.15) is 0 Å². The van der Waals surface area contributed by atoms with Crippen molar-refractivity contribution in [3.05, 3.63) is 84.1 Å². The predicted octanol–water partition coefficient (Wildman–Crippen LogP) is 2.33. The van der Waals surface area contributed by atoms with E-state index in [-0.39, 0.29) is 43.2 Å². The molecule has 0 fully saturated rings. The topological polar surface area (TPSA) is 127 Å². The van der Waals surface area contributed by atoms with Crippen LogP contribution in [-0.4, -0.2) is 53.0 Å². The highest BCUT2D eigenvalue weighted by atomic mass is 35.5. The van der Waals surface area contributed by atoms with Crippen LogP contribution in [0.4, 0.5) is 0 Å². The second-order valence-electron chi connectivity index (χ2n) is 7.24. The molecule has 33 heavy (non-hydrogen) atoms. The number of ether oxygens (including phenoxy) is 2. The average molecular weight is 474 g/mol. The van der Waals surface area contributed by atoms with Crippen LogP contribution in [0.25, 0.3) is 0 Å². The third-order valence-electron chi connectivity index (χ3n) is 4.65. The summed E-state index contributed by atoms with van der Waals surface area (Å²) in [6.45, 7) is 0.377. The molecule has 3 aromatic rings. The fourth-order valence-corrected chi connectivity index (χ4v) is 2.98. The smallest absolute Gasteiger partial charge is 0.267 e. The van der Waals surface area contributed by atoms with Crippen LogP contribution in [0.3, 0.4) is 0 Å². The average Bonchev–Trinajstić information content (AvgIpc) is 2.82. The molecule has 0 spiro atoms. The molecule has 0 bridgehead atoms. The van der Waals surface area contributed by atoms with Crippen LogP contribution in [0.2, 0.25) is 0 Å². The van der Waals surface area contributed by atoms with Gasteiger partial charge in [-0.05, 0) is 42.3 Å². The van der Waals surface area contributed by atoms with Gasteiger partial charge in [0.2, 0.25) is 5.88 Å². The first-order valence-corrected chi connectivity index (χ1v) is 10.3. The minimum atomic E-state index is -0.705. The third kappa shape index (κ3) is 8.70. The van der Waals surface area contributed by atoms with Gasteiger partial charge in [0.15, 0.2) is 0 Å². The highest BCUT2D eigenvalue weighted by Gasteiger charge is 2.12. The van der Waals surface area contributed by atoms with Crippen LogP contribution >= 0.6 is 12.4 Å². The van der Waals surface area contributed by atoms with Gasteiger partial charge in [0.05, 0.1) is 6.61 Å². The molecule has 2 aromatic carbocycles. The number of primary amides is 1. The molecular weight excluding hydrogens is 446 g/mol. The maximum absolute atomic E-state index is 11.2. The SMILES string of the molecule is Cl.NC(=O)c1cccc(Oc2ccc(C[C@@H](CO)NCC(O)COc3ccccc3)cc2)n1. The van der Waals surface area contributed by atoms with E-state index in [1.54, 1.807) is 24.3 Å². The van der Waals surface area contributed by atoms with E-state index in [4.69, 9.17) is 15.2 Å². The number of hydrogen-bond donors (Lipinski definition) is 4. The molecule has 0 radical (unpaired) electrons. The van der Waals surface area contributed by atoms with Gasteiger partial charge in [0.25, 0.3) is 5.91 Å². The molecule has 1 heterocycles. The normalized spacial score (nSPS) is 12.3. The maximum Gasteiger partial charge on any atom is 0.267 e. The quantitative estimate of drug-likeness (QED) is 0.318. The van der Waals surface area contributed by atoms with Crippen LogP contribution < -0.4 is 20.5 Å². The largest absolute Gasteiger partial charge is 0.491 e. The molecule has 0 aliphatic heterocycles. The molecule has 5 N–H and O–H groups in total. The number of carbonyl (C=O) groups excluding carboxylic acids is 1. The molecule has 176 valence electrons. The van der Waals surface area contributed by atoms with Crippen molar-refractivity contribution in [2.24, 2.45) is 5.73 Å². The van der Waals surface area contributed by atoms with Crippen molar-refractivity contribution in [3.8, 4) is 17.4 Å². The zero-order valence-corrected chi connectivity index (χ0v) is 18.8. The first kappa shape index (κ1) is 26.1. The zero-order valence-electron chi connectivity index (χ0n) is 18.0. The molecule has 0 saturated heterocycles. The second kappa shape index (κ2) is 13.4. The van der Waals surface area contributed by atoms with E-state index >= 15 is 0 Å². The van der Waals surface area contributed by atoms with E-state index in [0.717, 1.165) is 5.56 Å². The Morgan fingerprint density at radius 2 is 1.73 bits per heavy atom. The number of aromatic nitrogens is 1. The number of nitrogens with zero attached hydrogens (tertiary/aromatic N) is 1. The molecule has 8 nitrogen and oxygen atoms in total. The molecule has 9 heteroatoms. The number of carbonyl (C=O) groups is 1. The lowest BCUT2D eigenvalue weighted by atomic mass is 10.1. The number of aliphatic hydroxyl groups is 2. The fourth-order valence-electron chi connectivity index (χ4n) is 2.98. The zero-order chi connectivity index (χ0) is 22.8. The highest BCUT2D eigenvalue weighted by Crippen LogP contribution is 2.20. The minimum Gasteiger partial charge on any atom is -0.491 e. The molecule has 1 aromatic heterocycles. The molecule has 3 rings (SSSR count). The first-order valence-electron chi connectivity index (χ1n) is 10.3. The van der Waals surface area contributed by atoms with Crippen LogP contribution in [0, 0.1) is 0 Å². The van der Waals surface area contributed by atoms with Gasteiger partial charge in [-0.3, -0.25) is 4.79 Å². The van der Waals surface area contributed by atoms with E-state index in [2.05, 4.69) is 10.3 Å². The standard InChI is InChI=1S/C24H27N3O5.ClH/c25-24(30)22-7-4-8-23(27-22)32-21-11-9-17(10-12-21)13-18(15-28)26-14-19(29)16-31-20-5-2-1-3-6-20;/h1-12,18-19,26,28-29H,13-16H2,(H2,25,30);1H/t18-,19?;/m0./s1. The molecule has 0 aliphatic rings. The van der Waals surface area contributed by atoms with Gasteiger partial charge in [0.1, 0.15) is 29.9 Å². The summed E-state index contributed by atoms with van der Waals surface area (Å²) in [5.74, 6) is 0.912. The molecule has 0 saturated carbocycles. The van der Waals surface area contributed by atoms with Crippen LogP contribution in [0.1, 0.15) is 16.1 Å². The summed E-state index contributed by atoms with van der Waals surface area (Å²) in [6, 6.07) is 21.2. The number of rotatable bonds is 12. The van der Waals surface area contributed by atoms with Crippen molar-refractivity contribution in [1.82, 2.24) is 10.3 Å². The summed E-state index contributed by atoms with van der Waals surface area (Å²) < 4.78 is 11.2. The lowest BCUT2D eigenvalue weighted by Gasteiger charge is -2.19. The Labute approximate surface area is 198 Å². The van der Waals surface area contributed by atoms with Crippen molar-refractivity contribution in [1.29, 1.82) is 0 Å². The van der Waals surface area contributed by atoms with E-state index in [0.29, 0.717) is 24.5 Å². The Morgan fingerprint density at radius 1 is 1.00 bits per heavy atom. The molecular formula is C24H28ClN3O5. The van der Waals surface area contributed by atoms with Gasteiger partial charge in [-0.1, -0.05) is 36.4 Å². The summed E-state index contributed by atoms with van der Waals surface area (Å²) in [5.41, 5.74) is 6.35. The third-order valence-corrected chi connectivity index (χ3v) is 4.65. The minimum absolute atomic E-state index is 0. The molecule has 2 atom stereocenters. The number of nitrogens with one attached hydrogen (secondary N) is 1. The van der Waals surface area contributed by atoms with Crippen molar-refractivity contribution < 1.29 is 24.5 Å². The molecule has 0 aliphatic carbocycles. The van der Waals surface area contributed by atoms with Crippen LogP contribution in [-0.2, 0) is 6.42 Å². The predicted molar refractivity (Wildman–Crippen MR) is 127 cm³/mol. The van der Waals surface area contributed by atoms with Crippen molar-refractivity contribution >= 4 is 18.3 Å². The lowest BCUT2D eigenvalue weighted by Crippen LogP contribution is -2.41. The Balaban J connectivity index is 0.00000385. The van der Waals surface area contributed by atoms with Crippen LogP contribution in [0.15, 0.2) is 72.8 Å². The molecule has 1 amide bonds. The van der Waals surface area contributed by atoms with E-state index < -0.39 is 12.0 Å². The first-order chi connectivity index (χ1) is 15.5. The Hall–Kier alpha value is -3.17. The van der Waals surface area contributed by atoms with E-state index in [1.807, 2.05) is 42.5 Å². The summed E-state index contributed by atoms with van der Waals surface area (Å²) in [7, 11) is 0. The van der Waals surface area contributed by atoms with Crippen LogP contribution in [0.5, 0.6) is 17.4 Å². The fraction of sp³-hybridized carbons (Fsp3) is 0.250. The summed E-state index contributed by atoms with van der Waals surface area (Å²) >= 11 is 0. The Kier molecular flexibility index (Phi) is 10.6. The number of nitrogens with two attached hydrogens (primary N) is 1. The van der Waals surface area contributed by atoms with Gasteiger partial charge in [-0.15, -0.1) is 12.4 Å².